The molecular weight excluding hydrogens is 404 g/mol. The Hall–Kier alpha value is -2.39. The molecule has 0 bridgehead atoms. The first-order valence-corrected chi connectivity index (χ1v) is 10.9. The van der Waals surface area contributed by atoms with Crippen molar-refractivity contribution in [3.63, 3.8) is 0 Å². The zero-order chi connectivity index (χ0) is 21.7. The lowest BCUT2D eigenvalue weighted by Crippen LogP contribution is -2.47. The Balaban J connectivity index is 1.77. The van der Waals surface area contributed by atoms with Crippen molar-refractivity contribution in [3.8, 4) is 11.5 Å². The molecule has 1 saturated heterocycles. The summed E-state index contributed by atoms with van der Waals surface area (Å²) in [5.41, 5.74) is 0.423. The number of ether oxygens (including phenoxy) is 2. The van der Waals surface area contributed by atoms with Crippen LogP contribution >= 0.6 is 12.2 Å². The predicted octanol–water partition coefficient (Wildman–Crippen LogP) is 2.41. The number of aromatic nitrogens is 2. The minimum absolute atomic E-state index is 0.131. The van der Waals surface area contributed by atoms with Gasteiger partial charge in [-0.05, 0) is 45.6 Å². The normalized spacial score (nSPS) is 14.8. The van der Waals surface area contributed by atoms with Gasteiger partial charge in [0.25, 0.3) is 5.56 Å². The van der Waals surface area contributed by atoms with Crippen molar-refractivity contribution in [2.45, 2.75) is 33.2 Å². The molecule has 0 atom stereocenters. The van der Waals surface area contributed by atoms with Gasteiger partial charge in [-0.2, -0.15) is 0 Å². The van der Waals surface area contributed by atoms with Crippen LogP contribution in [0.5, 0.6) is 11.5 Å². The van der Waals surface area contributed by atoms with Gasteiger partial charge in [0.1, 0.15) is 0 Å². The van der Waals surface area contributed by atoms with Crippen molar-refractivity contribution >= 4 is 29.0 Å². The number of benzene rings is 1. The molecule has 0 spiro atoms. The Morgan fingerprint density at radius 3 is 2.37 bits per heavy atom. The number of hydrogen-bond donors (Lipinski definition) is 1. The smallest absolute Gasteiger partial charge is 0.262 e. The topological polar surface area (TPSA) is 79.8 Å². The van der Waals surface area contributed by atoms with Crippen LogP contribution in [0.2, 0.25) is 0 Å². The van der Waals surface area contributed by atoms with Gasteiger partial charge < -0.3 is 24.3 Å². The Morgan fingerprint density at radius 2 is 1.73 bits per heavy atom. The third kappa shape index (κ3) is 5.02. The molecule has 164 valence electrons. The molecule has 30 heavy (non-hydrogen) atoms. The van der Waals surface area contributed by atoms with Crippen LogP contribution < -0.4 is 15.0 Å². The summed E-state index contributed by atoms with van der Waals surface area (Å²) in [5.74, 6) is 1.24. The minimum Gasteiger partial charge on any atom is -0.490 e. The zero-order valence-corrected chi connectivity index (χ0v) is 18.7. The molecule has 1 aromatic heterocycles. The number of rotatable bonds is 8. The van der Waals surface area contributed by atoms with Gasteiger partial charge in [-0.25, -0.2) is 0 Å². The number of nitrogens with one attached hydrogen (secondary N) is 1. The number of carbonyl (C=O) groups is 1. The number of nitrogens with zero attached hydrogens (tertiary/aromatic N) is 3. The largest absolute Gasteiger partial charge is 0.490 e. The molecule has 3 rings (SSSR count). The van der Waals surface area contributed by atoms with Crippen LogP contribution in [-0.2, 0) is 11.3 Å². The van der Waals surface area contributed by atoms with Crippen LogP contribution in [0.3, 0.4) is 0 Å². The maximum atomic E-state index is 13.1. The van der Waals surface area contributed by atoms with E-state index in [0.29, 0.717) is 59.8 Å². The van der Waals surface area contributed by atoms with Gasteiger partial charge in [-0.3, -0.25) is 14.2 Å². The van der Waals surface area contributed by atoms with Gasteiger partial charge in [0.05, 0.1) is 24.1 Å². The van der Waals surface area contributed by atoms with Crippen molar-refractivity contribution in [1.29, 1.82) is 0 Å². The molecule has 0 unspecified atom stereocenters. The van der Waals surface area contributed by atoms with E-state index >= 15 is 0 Å². The number of likely N-dealkylation sites (N-methyl/N-ethyl adjacent to an activating group) is 1. The van der Waals surface area contributed by atoms with E-state index < -0.39 is 0 Å². The molecule has 0 saturated carbocycles. The molecule has 1 N–H and O–H groups in total. The summed E-state index contributed by atoms with van der Waals surface area (Å²) in [5, 5.41) is 0.487. The quantitative estimate of drug-likeness (QED) is 0.643. The first-order chi connectivity index (χ1) is 14.4. The summed E-state index contributed by atoms with van der Waals surface area (Å²) in [4.78, 5) is 32.7. The van der Waals surface area contributed by atoms with Crippen LogP contribution in [0.1, 0.15) is 26.7 Å². The third-order valence-electron chi connectivity index (χ3n) is 5.27. The second-order valence-electron chi connectivity index (χ2n) is 7.39. The second-order valence-corrected chi connectivity index (χ2v) is 7.77. The number of hydrogen-bond acceptors (Lipinski definition) is 6. The van der Waals surface area contributed by atoms with Crippen LogP contribution in [0, 0.1) is 4.77 Å². The van der Waals surface area contributed by atoms with Crippen molar-refractivity contribution in [2.75, 3.05) is 46.4 Å². The molecule has 1 aliphatic heterocycles. The summed E-state index contributed by atoms with van der Waals surface area (Å²) < 4.78 is 13.1. The second kappa shape index (κ2) is 10.1. The highest BCUT2D eigenvalue weighted by Crippen LogP contribution is 2.30. The molecule has 0 radical (unpaired) electrons. The molecular formula is C21H30N4O4S. The fourth-order valence-corrected chi connectivity index (χ4v) is 3.89. The fraction of sp³-hybridized carbons (Fsp3) is 0.571. The highest BCUT2D eigenvalue weighted by molar-refractivity contribution is 7.71. The van der Waals surface area contributed by atoms with Crippen molar-refractivity contribution in [1.82, 2.24) is 19.4 Å². The number of carbonyl (C=O) groups excluding carboxylic acids is 1. The molecule has 2 heterocycles. The van der Waals surface area contributed by atoms with E-state index in [1.807, 2.05) is 18.7 Å². The first-order valence-electron chi connectivity index (χ1n) is 10.5. The van der Waals surface area contributed by atoms with Crippen molar-refractivity contribution in [3.05, 3.63) is 27.3 Å². The van der Waals surface area contributed by atoms with E-state index in [0.717, 1.165) is 26.2 Å². The van der Waals surface area contributed by atoms with Gasteiger partial charge >= 0.3 is 0 Å². The predicted molar refractivity (Wildman–Crippen MR) is 119 cm³/mol. The molecule has 1 fully saturated rings. The van der Waals surface area contributed by atoms with Crippen molar-refractivity contribution < 1.29 is 14.3 Å². The summed E-state index contributed by atoms with van der Waals surface area (Å²) >= 11 is 5.41. The summed E-state index contributed by atoms with van der Waals surface area (Å²) in [6, 6.07) is 3.45. The standard InChI is InChI=1S/C21H30N4O4S/c1-4-28-17-13-15-16(14-18(17)29-5-2)22-21(30)25(20(15)27)8-6-7-19(26)24-11-9-23(3)10-12-24/h13-14H,4-12H2,1-3H3,(H,22,30). The van der Waals surface area contributed by atoms with E-state index in [1.165, 1.54) is 4.57 Å². The first kappa shape index (κ1) is 22.3. The molecule has 8 nitrogen and oxygen atoms in total. The molecule has 0 aliphatic carbocycles. The lowest BCUT2D eigenvalue weighted by molar-refractivity contribution is -0.132. The summed E-state index contributed by atoms with van der Waals surface area (Å²) in [7, 11) is 2.06. The van der Waals surface area contributed by atoms with Crippen LogP contribution in [0.4, 0.5) is 0 Å². The van der Waals surface area contributed by atoms with E-state index in [1.54, 1.807) is 12.1 Å². The highest BCUT2D eigenvalue weighted by Gasteiger charge is 2.19. The van der Waals surface area contributed by atoms with E-state index in [-0.39, 0.29) is 11.5 Å². The minimum atomic E-state index is -0.190. The van der Waals surface area contributed by atoms with Gasteiger partial charge in [-0.15, -0.1) is 0 Å². The van der Waals surface area contributed by atoms with Crippen molar-refractivity contribution in [2.24, 2.45) is 0 Å². The fourth-order valence-electron chi connectivity index (χ4n) is 3.60. The molecule has 2 aromatic rings. The Labute approximate surface area is 181 Å². The SMILES string of the molecule is CCOc1cc2[nH]c(=S)n(CCCC(=O)N3CCN(C)CC3)c(=O)c2cc1OCC. The van der Waals surface area contributed by atoms with Crippen LogP contribution in [-0.4, -0.2) is 71.7 Å². The Morgan fingerprint density at radius 1 is 1.10 bits per heavy atom. The summed E-state index contributed by atoms with van der Waals surface area (Å²) in [6.45, 7) is 8.43. The highest BCUT2D eigenvalue weighted by atomic mass is 32.1. The van der Waals surface area contributed by atoms with Gasteiger partial charge in [0.15, 0.2) is 16.3 Å². The number of H-pyrrole nitrogens is 1. The number of piperazine rings is 1. The van der Waals surface area contributed by atoms with E-state index in [4.69, 9.17) is 21.7 Å². The maximum Gasteiger partial charge on any atom is 0.262 e. The maximum absolute atomic E-state index is 13.1. The van der Waals surface area contributed by atoms with Gasteiger partial charge in [0.2, 0.25) is 5.91 Å². The third-order valence-corrected chi connectivity index (χ3v) is 5.60. The molecule has 1 aliphatic rings. The zero-order valence-electron chi connectivity index (χ0n) is 17.9. The van der Waals surface area contributed by atoms with Gasteiger partial charge in [0, 0.05) is 45.2 Å². The van der Waals surface area contributed by atoms with Crippen LogP contribution in [0.15, 0.2) is 16.9 Å². The van der Waals surface area contributed by atoms with Crippen LogP contribution in [0.25, 0.3) is 10.9 Å². The lowest BCUT2D eigenvalue weighted by Gasteiger charge is -2.32. The average molecular weight is 435 g/mol. The summed E-state index contributed by atoms with van der Waals surface area (Å²) in [6.07, 6.45) is 0.958. The number of amides is 1. The van der Waals surface area contributed by atoms with Gasteiger partial charge in [-0.1, -0.05) is 0 Å². The van der Waals surface area contributed by atoms with E-state index in [9.17, 15) is 9.59 Å². The Kier molecular flexibility index (Phi) is 7.49. The molecule has 1 amide bonds. The molecule has 9 heteroatoms. The average Bonchev–Trinajstić information content (AvgIpc) is 2.72. The Bertz CT molecular complexity index is 1010. The monoisotopic (exact) mass is 434 g/mol. The lowest BCUT2D eigenvalue weighted by atomic mass is 10.2. The molecule has 1 aromatic carbocycles. The number of fused-ring (bicyclic) bond motifs is 1. The van der Waals surface area contributed by atoms with E-state index in [2.05, 4.69) is 16.9 Å². The number of aromatic amines is 1.